The molecule has 2 heterocycles. The number of pyridine rings is 1. The van der Waals surface area contributed by atoms with E-state index in [9.17, 15) is 4.79 Å². The first-order chi connectivity index (χ1) is 12.2. The van der Waals surface area contributed by atoms with E-state index in [1.165, 1.54) is 0 Å². The van der Waals surface area contributed by atoms with Gasteiger partial charge in [0.2, 0.25) is 0 Å². The Morgan fingerprint density at radius 2 is 2.00 bits per heavy atom. The summed E-state index contributed by atoms with van der Waals surface area (Å²) in [5.74, 6) is 0.865. The molecule has 0 bridgehead atoms. The number of nitriles is 1. The number of amides is 1. The fraction of sp³-hybridized carbons (Fsp3) is 0.316. The summed E-state index contributed by atoms with van der Waals surface area (Å²) in [6.45, 7) is 1.89. The van der Waals surface area contributed by atoms with Crippen LogP contribution in [0.4, 0.5) is 10.6 Å². The van der Waals surface area contributed by atoms with Gasteiger partial charge in [0.1, 0.15) is 18.5 Å². The van der Waals surface area contributed by atoms with Crippen LogP contribution in [0.25, 0.3) is 0 Å². The molecule has 1 aromatic carbocycles. The molecule has 0 unspecified atom stereocenters. The molecule has 128 valence electrons. The highest BCUT2D eigenvalue weighted by atomic mass is 16.5. The van der Waals surface area contributed by atoms with Gasteiger partial charge in [-0.05, 0) is 30.5 Å². The number of anilines is 1. The number of ether oxygens (including phenoxy) is 1. The van der Waals surface area contributed by atoms with Crippen molar-refractivity contribution < 1.29 is 9.53 Å². The molecule has 1 aliphatic rings. The number of nitrogens with zero attached hydrogens (tertiary/aromatic N) is 3. The number of carbonyl (C=O) groups is 1. The van der Waals surface area contributed by atoms with E-state index in [4.69, 9.17) is 10.00 Å². The molecule has 1 N–H and O–H groups in total. The summed E-state index contributed by atoms with van der Waals surface area (Å²) >= 11 is 0. The van der Waals surface area contributed by atoms with Gasteiger partial charge in [0.25, 0.3) is 0 Å². The van der Waals surface area contributed by atoms with Gasteiger partial charge in [0, 0.05) is 25.3 Å². The number of aromatic nitrogens is 1. The second-order valence-corrected chi connectivity index (χ2v) is 5.98. The van der Waals surface area contributed by atoms with Gasteiger partial charge in [-0.2, -0.15) is 5.26 Å². The predicted octanol–water partition coefficient (Wildman–Crippen LogP) is 2.85. The van der Waals surface area contributed by atoms with Crippen molar-refractivity contribution >= 4 is 11.9 Å². The average molecular weight is 336 g/mol. The lowest BCUT2D eigenvalue weighted by Crippen LogP contribution is -2.45. The van der Waals surface area contributed by atoms with Gasteiger partial charge in [-0.1, -0.05) is 30.3 Å². The van der Waals surface area contributed by atoms with E-state index in [1.807, 2.05) is 36.4 Å². The molecule has 0 aliphatic carbocycles. The quantitative estimate of drug-likeness (QED) is 0.929. The molecule has 0 saturated carbocycles. The molecular formula is C19H20N4O2. The van der Waals surface area contributed by atoms with Crippen molar-refractivity contribution in [2.45, 2.75) is 25.5 Å². The van der Waals surface area contributed by atoms with Crippen LogP contribution in [0.3, 0.4) is 0 Å². The van der Waals surface area contributed by atoms with Gasteiger partial charge in [0.05, 0.1) is 5.56 Å². The molecule has 3 rings (SSSR count). The maximum absolute atomic E-state index is 11.9. The third-order valence-electron chi connectivity index (χ3n) is 4.23. The van der Waals surface area contributed by atoms with Gasteiger partial charge >= 0.3 is 6.09 Å². The molecule has 0 radical (unpaired) electrons. The van der Waals surface area contributed by atoms with Gasteiger partial charge in [-0.25, -0.2) is 9.78 Å². The summed E-state index contributed by atoms with van der Waals surface area (Å²) in [6, 6.07) is 15.4. The highest BCUT2D eigenvalue weighted by Crippen LogP contribution is 2.18. The number of benzene rings is 1. The zero-order valence-electron chi connectivity index (χ0n) is 13.9. The zero-order valence-corrected chi connectivity index (χ0v) is 13.9. The lowest BCUT2D eigenvalue weighted by molar-refractivity contribution is 0.134. The van der Waals surface area contributed by atoms with E-state index in [0.29, 0.717) is 5.56 Å². The summed E-state index contributed by atoms with van der Waals surface area (Å²) < 4.78 is 5.26. The topological polar surface area (TPSA) is 78.2 Å². The van der Waals surface area contributed by atoms with Crippen LogP contribution < -0.4 is 10.2 Å². The number of rotatable bonds is 4. The molecule has 2 aromatic rings. The van der Waals surface area contributed by atoms with Crippen LogP contribution in [0.1, 0.15) is 24.0 Å². The van der Waals surface area contributed by atoms with Crippen LogP contribution in [-0.2, 0) is 11.3 Å². The van der Waals surface area contributed by atoms with E-state index in [-0.39, 0.29) is 18.7 Å². The summed E-state index contributed by atoms with van der Waals surface area (Å²) in [6.07, 6.45) is 2.88. The zero-order chi connectivity index (χ0) is 17.5. The molecular weight excluding hydrogens is 316 g/mol. The van der Waals surface area contributed by atoms with E-state index in [0.717, 1.165) is 37.3 Å². The first-order valence-electron chi connectivity index (χ1n) is 8.33. The van der Waals surface area contributed by atoms with E-state index in [2.05, 4.69) is 21.3 Å². The molecule has 6 nitrogen and oxygen atoms in total. The summed E-state index contributed by atoms with van der Waals surface area (Å²) in [5.41, 5.74) is 1.53. The van der Waals surface area contributed by atoms with Crippen molar-refractivity contribution in [2.24, 2.45) is 0 Å². The number of alkyl carbamates (subject to hydrolysis) is 1. The Balaban J connectivity index is 1.42. The molecule has 1 saturated heterocycles. The van der Waals surface area contributed by atoms with Gasteiger partial charge in [0.15, 0.2) is 0 Å². The fourth-order valence-corrected chi connectivity index (χ4v) is 2.82. The van der Waals surface area contributed by atoms with E-state index in [1.54, 1.807) is 12.3 Å². The maximum Gasteiger partial charge on any atom is 0.407 e. The van der Waals surface area contributed by atoms with Crippen LogP contribution in [0.2, 0.25) is 0 Å². The molecule has 1 aromatic heterocycles. The van der Waals surface area contributed by atoms with Crippen molar-refractivity contribution in [3.8, 4) is 6.07 Å². The molecule has 1 fully saturated rings. The van der Waals surface area contributed by atoms with Crippen LogP contribution in [-0.4, -0.2) is 30.2 Å². The Morgan fingerprint density at radius 1 is 1.24 bits per heavy atom. The molecule has 6 heteroatoms. The summed E-state index contributed by atoms with van der Waals surface area (Å²) in [4.78, 5) is 18.4. The van der Waals surface area contributed by atoms with Crippen LogP contribution in [0.5, 0.6) is 0 Å². The van der Waals surface area contributed by atoms with Crippen LogP contribution >= 0.6 is 0 Å². The normalized spacial score (nSPS) is 14.6. The SMILES string of the molecule is N#Cc1ccc(N2CCC(NC(=O)OCc3ccccc3)CC2)nc1. The molecule has 0 spiro atoms. The lowest BCUT2D eigenvalue weighted by Gasteiger charge is -2.32. The number of nitrogens with one attached hydrogen (secondary N) is 1. The third kappa shape index (κ3) is 4.70. The largest absolute Gasteiger partial charge is 0.445 e. The Morgan fingerprint density at radius 3 is 2.64 bits per heavy atom. The predicted molar refractivity (Wildman–Crippen MR) is 93.9 cm³/mol. The third-order valence-corrected chi connectivity index (χ3v) is 4.23. The Bertz CT molecular complexity index is 732. The highest BCUT2D eigenvalue weighted by molar-refractivity contribution is 5.67. The summed E-state index contributed by atoms with van der Waals surface area (Å²) in [7, 11) is 0. The Kier molecular flexibility index (Phi) is 5.47. The van der Waals surface area contributed by atoms with Crippen molar-refractivity contribution in [3.05, 3.63) is 59.8 Å². The first kappa shape index (κ1) is 16.8. The highest BCUT2D eigenvalue weighted by Gasteiger charge is 2.22. The standard InChI is InChI=1S/C19H20N4O2/c20-12-16-6-7-18(21-13-16)23-10-8-17(9-11-23)22-19(24)25-14-15-4-2-1-3-5-15/h1-7,13,17H,8-11,14H2,(H,22,24). The van der Waals surface area contributed by atoms with E-state index < -0.39 is 0 Å². The number of carbonyl (C=O) groups excluding carboxylic acids is 1. The Hall–Kier alpha value is -3.07. The summed E-state index contributed by atoms with van der Waals surface area (Å²) in [5, 5.41) is 11.7. The maximum atomic E-state index is 11.9. The number of hydrogen-bond donors (Lipinski definition) is 1. The van der Waals surface area contributed by atoms with Crippen LogP contribution in [0, 0.1) is 11.3 Å². The van der Waals surface area contributed by atoms with Crippen molar-refractivity contribution in [1.29, 1.82) is 5.26 Å². The monoisotopic (exact) mass is 336 g/mol. The average Bonchev–Trinajstić information content (AvgIpc) is 2.68. The second kappa shape index (κ2) is 8.15. The van der Waals surface area contributed by atoms with Gasteiger partial charge < -0.3 is 15.0 Å². The molecule has 1 amide bonds. The number of hydrogen-bond acceptors (Lipinski definition) is 5. The first-order valence-corrected chi connectivity index (χ1v) is 8.33. The molecule has 25 heavy (non-hydrogen) atoms. The minimum absolute atomic E-state index is 0.109. The van der Waals surface area contributed by atoms with Gasteiger partial charge in [-0.3, -0.25) is 0 Å². The van der Waals surface area contributed by atoms with Crippen molar-refractivity contribution in [3.63, 3.8) is 0 Å². The molecule has 0 atom stereocenters. The lowest BCUT2D eigenvalue weighted by atomic mass is 10.1. The second-order valence-electron chi connectivity index (χ2n) is 5.98. The van der Waals surface area contributed by atoms with Gasteiger partial charge in [-0.15, -0.1) is 0 Å². The molecule has 1 aliphatic heterocycles. The van der Waals surface area contributed by atoms with Crippen molar-refractivity contribution in [1.82, 2.24) is 10.3 Å². The van der Waals surface area contributed by atoms with Crippen LogP contribution in [0.15, 0.2) is 48.7 Å². The van der Waals surface area contributed by atoms with Crippen molar-refractivity contribution in [2.75, 3.05) is 18.0 Å². The minimum Gasteiger partial charge on any atom is -0.445 e. The number of piperidine rings is 1. The fourth-order valence-electron chi connectivity index (χ4n) is 2.82. The minimum atomic E-state index is -0.376. The van der Waals surface area contributed by atoms with E-state index >= 15 is 0 Å². The Labute approximate surface area is 147 Å². The smallest absolute Gasteiger partial charge is 0.407 e.